The molecule has 0 fully saturated rings. The van der Waals surface area contributed by atoms with E-state index < -0.39 is 22.0 Å². The summed E-state index contributed by atoms with van der Waals surface area (Å²) in [4.78, 5) is 40.6. The van der Waals surface area contributed by atoms with Crippen LogP contribution in [0.25, 0.3) is 0 Å². The van der Waals surface area contributed by atoms with Crippen LogP contribution in [0.5, 0.6) is 0 Å². The molecule has 1 aliphatic heterocycles. The van der Waals surface area contributed by atoms with Crippen molar-refractivity contribution in [1.82, 2.24) is 42.9 Å². The molecule has 0 amide bonds. The number of aldehydes is 2. The molecule has 1 aliphatic rings. The molecule has 0 aliphatic carbocycles. The molecular weight excluding hydrogens is 921 g/mol. The fourth-order valence-corrected chi connectivity index (χ4v) is 6.65. The predicted octanol–water partition coefficient (Wildman–Crippen LogP) is 10.7. The highest BCUT2D eigenvalue weighted by atomic mass is 32.2. The first-order chi connectivity index (χ1) is 32.2. The maximum Gasteiger partial charge on any atom is 0.169 e. The highest BCUT2D eigenvalue weighted by Gasteiger charge is 2.22. The van der Waals surface area contributed by atoms with E-state index in [1.165, 1.54) is 6.42 Å². The van der Waals surface area contributed by atoms with Crippen molar-refractivity contribution in [3.8, 4) is 0 Å². The van der Waals surface area contributed by atoms with Gasteiger partial charge in [-0.05, 0) is 105 Å². The van der Waals surface area contributed by atoms with Gasteiger partial charge < -0.3 is 24.0 Å². The summed E-state index contributed by atoms with van der Waals surface area (Å²) >= 11 is 0. The number of hydrogen-bond acceptors (Lipinski definition) is 10. The Labute approximate surface area is 427 Å². The number of allylic oxidation sites excluding steroid dienone is 2. The van der Waals surface area contributed by atoms with E-state index >= 15 is 0 Å². The van der Waals surface area contributed by atoms with Gasteiger partial charge in [0.15, 0.2) is 12.6 Å². The molecular formula is C52H92N12O4S2. The number of rotatable bonds is 20. The summed E-state index contributed by atoms with van der Waals surface area (Å²) in [6.45, 7) is 37.1. The minimum Gasteiger partial charge on any atom is -0.337 e. The third-order valence-electron chi connectivity index (χ3n) is 9.94. The van der Waals surface area contributed by atoms with Gasteiger partial charge in [-0.3, -0.25) is 14.6 Å². The number of aliphatic imine (C=N–C) groups is 1. The lowest BCUT2D eigenvalue weighted by Crippen LogP contribution is -2.34. The average molecular weight is 1010 g/mol. The lowest BCUT2D eigenvalue weighted by molar-refractivity contribution is -0.104. The van der Waals surface area contributed by atoms with Gasteiger partial charge in [-0.1, -0.05) is 68.9 Å². The lowest BCUT2D eigenvalue weighted by atomic mass is 10.1. The standard InChI is InChI=1S/C14H27N3OS.C13H23N3OS.C10H19N3.C9H14N2O.C5H5NO.CH4/c1-11(2)7-8-17-9-13(15-10-17)12(3)16-19(18)14(4,5)6;1-11(2)6-7-16-9-12(14-10-16)8-15-18(17)13(3,4)5;1-8(2)4-5-13-6-10(9(3)11)12-7-13;1-8(2)3-4-11-5-9(6-12)10-7-11;7-4-5-2-1-3-6-5;/h9-12,16H,7-8H2,1-6H3;8-11H,6-7H2,1-5H3;6-9H,4-5,11H2,1-3H3;5-8H,3-4H2,1-2H3;2-4H,1H2;1H4/t12-,19-;18-;9-;;;/m000.../s1. The zero-order chi connectivity index (χ0) is 52.3. The van der Waals surface area contributed by atoms with Crippen molar-refractivity contribution in [2.75, 3.05) is 0 Å². The summed E-state index contributed by atoms with van der Waals surface area (Å²) in [5.41, 5.74) is 9.46. The lowest BCUT2D eigenvalue weighted by Gasteiger charge is -2.21. The quantitative estimate of drug-likeness (QED) is 0.0638. The van der Waals surface area contributed by atoms with Gasteiger partial charge in [-0.2, -0.15) is 4.40 Å². The summed E-state index contributed by atoms with van der Waals surface area (Å²) in [5.74, 6) is 2.79. The number of nitrogens with one attached hydrogen (secondary N) is 1. The SMILES string of the molecule is C.CC(C)CCn1cnc(C=N[S@@](=O)C(C)(C)C)c1.CC(C)CCn1cnc(C=O)c1.CC(C)CCn1cnc([C@H](C)N)c1.CC(C)CCn1cnc([C@H](C)N[S@@](=O)C(C)(C)C)c1.O=CC1=CCC=N1. The van der Waals surface area contributed by atoms with Crippen molar-refractivity contribution in [3.05, 3.63) is 84.6 Å². The number of hydrogen-bond donors (Lipinski definition) is 2. The summed E-state index contributed by atoms with van der Waals surface area (Å²) in [7, 11) is -2.29. The summed E-state index contributed by atoms with van der Waals surface area (Å²) in [5, 5.41) is 0. The third kappa shape index (κ3) is 29.6. The molecule has 70 heavy (non-hydrogen) atoms. The van der Waals surface area contributed by atoms with Crippen molar-refractivity contribution in [2.45, 2.75) is 198 Å². The van der Waals surface area contributed by atoms with Crippen molar-refractivity contribution >= 4 is 47.0 Å². The van der Waals surface area contributed by atoms with E-state index in [1.807, 2.05) is 95.8 Å². The third-order valence-corrected chi connectivity index (χ3v) is 13.0. The molecule has 4 aromatic rings. The fourth-order valence-electron chi connectivity index (χ4n) is 5.33. The van der Waals surface area contributed by atoms with E-state index in [0.29, 0.717) is 29.1 Å². The second-order valence-electron chi connectivity index (χ2n) is 20.9. The Balaban J connectivity index is 0.000000873. The van der Waals surface area contributed by atoms with Crippen LogP contribution in [0.4, 0.5) is 0 Å². The number of nitrogens with zero attached hydrogens (tertiary/aromatic N) is 10. The monoisotopic (exact) mass is 1010 g/mol. The Hall–Kier alpha value is -4.52. The zero-order valence-corrected chi connectivity index (χ0v) is 46.5. The first kappa shape index (κ1) is 65.5. The highest BCUT2D eigenvalue weighted by molar-refractivity contribution is 7.85. The molecule has 0 saturated carbocycles. The van der Waals surface area contributed by atoms with Gasteiger partial charge >= 0.3 is 0 Å². The van der Waals surface area contributed by atoms with Crippen LogP contribution in [0.3, 0.4) is 0 Å². The Morgan fingerprint density at radius 2 is 1.04 bits per heavy atom. The van der Waals surface area contributed by atoms with Gasteiger partial charge in [0.05, 0.1) is 80.8 Å². The molecule has 396 valence electrons. The molecule has 0 saturated heterocycles. The van der Waals surface area contributed by atoms with Gasteiger partial charge in [0.2, 0.25) is 0 Å². The van der Waals surface area contributed by atoms with Crippen molar-refractivity contribution in [1.29, 1.82) is 0 Å². The molecule has 0 unspecified atom stereocenters. The van der Waals surface area contributed by atoms with Gasteiger partial charge in [-0.25, -0.2) is 33.1 Å². The van der Waals surface area contributed by atoms with E-state index in [-0.39, 0.29) is 29.0 Å². The molecule has 3 N–H and O–H groups in total. The van der Waals surface area contributed by atoms with Gasteiger partial charge in [0.25, 0.3) is 0 Å². The van der Waals surface area contributed by atoms with Crippen LogP contribution < -0.4 is 10.5 Å². The maximum absolute atomic E-state index is 12.0. The van der Waals surface area contributed by atoms with Crippen LogP contribution in [0, 0.1) is 23.7 Å². The smallest absolute Gasteiger partial charge is 0.169 e. The summed E-state index contributed by atoms with van der Waals surface area (Å²) in [6, 6.07) is 0.0423. The molecule has 16 nitrogen and oxygen atoms in total. The van der Waals surface area contributed by atoms with Crippen LogP contribution in [-0.2, 0) is 52.9 Å². The number of aromatic nitrogens is 8. The van der Waals surface area contributed by atoms with Crippen molar-refractivity contribution < 1.29 is 18.0 Å². The number of imidazole rings is 4. The van der Waals surface area contributed by atoms with Crippen molar-refractivity contribution in [3.63, 3.8) is 0 Å². The number of nitrogens with two attached hydrogens (primary N) is 1. The van der Waals surface area contributed by atoms with Crippen LogP contribution in [0.1, 0.15) is 190 Å². The molecule has 4 atom stereocenters. The van der Waals surface area contributed by atoms with E-state index in [1.54, 1.807) is 37.4 Å². The average Bonchev–Trinajstić information content (AvgIpc) is 4.14. The second kappa shape index (κ2) is 34.0. The van der Waals surface area contributed by atoms with E-state index in [9.17, 15) is 18.0 Å². The Morgan fingerprint density at radius 1 is 0.629 bits per heavy atom. The van der Waals surface area contributed by atoms with Crippen LogP contribution in [-0.4, -0.2) is 81.1 Å². The molecule has 0 aromatic carbocycles. The molecule has 0 spiro atoms. The first-order valence-corrected chi connectivity index (χ1v) is 26.6. The zero-order valence-electron chi connectivity index (χ0n) is 44.8. The van der Waals surface area contributed by atoms with Gasteiger partial charge in [0.1, 0.15) is 16.7 Å². The van der Waals surface area contributed by atoms with Gasteiger partial charge in [0, 0.05) is 69.6 Å². The molecule has 4 aromatic heterocycles. The molecule has 5 rings (SSSR count). The Morgan fingerprint density at radius 3 is 1.39 bits per heavy atom. The Bertz CT molecular complexity index is 2180. The minimum atomic E-state index is -1.22. The first-order valence-electron chi connectivity index (χ1n) is 24.3. The number of aryl methyl sites for hydroxylation is 4. The van der Waals surface area contributed by atoms with E-state index in [0.717, 1.165) is 87.4 Å². The number of carbonyl (C=O) groups excluding carboxylic acids is 2. The second-order valence-corrected chi connectivity index (χ2v) is 24.8. The molecule has 18 heteroatoms. The van der Waals surface area contributed by atoms with Crippen LogP contribution in [0.2, 0.25) is 0 Å². The fraction of sp³-hybridized carbons (Fsp3) is 0.654. The Kier molecular flexibility index (Phi) is 31.8. The van der Waals surface area contributed by atoms with E-state index in [2.05, 4.69) is 98.6 Å². The van der Waals surface area contributed by atoms with Crippen LogP contribution in [0.15, 0.2) is 71.3 Å². The molecule has 5 heterocycles. The minimum absolute atomic E-state index is 0. The largest absolute Gasteiger partial charge is 0.337 e. The maximum atomic E-state index is 12.0. The van der Waals surface area contributed by atoms with Gasteiger partial charge in [-0.15, -0.1) is 0 Å². The highest BCUT2D eigenvalue weighted by Crippen LogP contribution is 2.17. The van der Waals surface area contributed by atoms with Crippen molar-refractivity contribution in [2.24, 2.45) is 38.8 Å². The normalized spacial score (nSPS) is 14.0. The topological polar surface area (TPSA) is 202 Å². The number of carbonyl (C=O) groups is 2. The van der Waals surface area contributed by atoms with E-state index in [4.69, 9.17) is 5.73 Å². The molecule has 0 radical (unpaired) electrons. The summed E-state index contributed by atoms with van der Waals surface area (Å²) in [6.07, 6.45) is 27.0. The molecule has 0 bridgehead atoms. The summed E-state index contributed by atoms with van der Waals surface area (Å²) < 4.78 is 38.6. The van der Waals surface area contributed by atoms with Crippen LogP contribution >= 0.6 is 0 Å². The predicted molar refractivity (Wildman–Crippen MR) is 294 cm³/mol.